The molecule has 0 N–H and O–H groups in total. The van der Waals surface area contributed by atoms with Crippen LogP contribution in [0, 0.1) is 13.8 Å². The molecule has 0 radical (unpaired) electrons. The molecule has 164 valence electrons. The smallest absolute Gasteiger partial charge is 0.254 e. The number of aromatic nitrogens is 4. The molecular formula is C26H30N6. The summed E-state index contributed by atoms with van der Waals surface area (Å²) in [6, 6.07) is 19.3. The van der Waals surface area contributed by atoms with Crippen LogP contribution in [0.3, 0.4) is 0 Å². The van der Waals surface area contributed by atoms with Crippen molar-refractivity contribution in [3.8, 4) is 11.4 Å². The van der Waals surface area contributed by atoms with Crippen LogP contribution in [0.2, 0.25) is 0 Å². The lowest BCUT2D eigenvalue weighted by molar-refractivity contribution is 0.541. The maximum Gasteiger partial charge on any atom is 0.254 e. The summed E-state index contributed by atoms with van der Waals surface area (Å²) in [5, 5.41) is 4.91. The maximum atomic E-state index is 4.91. The van der Waals surface area contributed by atoms with E-state index in [0.717, 1.165) is 49.0 Å². The van der Waals surface area contributed by atoms with E-state index in [1.54, 1.807) is 0 Å². The second kappa shape index (κ2) is 8.26. The van der Waals surface area contributed by atoms with Crippen LogP contribution in [0.4, 0.5) is 11.5 Å². The Morgan fingerprint density at radius 3 is 2.50 bits per heavy atom. The molecule has 5 rings (SSSR count). The fraction of sp³-hybridized carbons (Fsp3) is 0.346. The van der Waals surface area contributed by atoms with Crippen molar-refractivity contribution in [1.29, 1.82) is 0 Å². The first-order valence-electron chi connectivity index (χ1n) is 11.4. The Labute approximate surface area is 189 Å². The van der Waals surface area contributed by atoms with Gasteiger partial charge in [0.2, 0.25) is 0 Å². The molecule has 0 amide bonds. The third-order valence-electron chi connectivity index (χ3n) is 6.41. The SMILES string of the molecule is CCc1c(C)nc2nc(-c3ccccc3)nn2c1N1CCN(c2cccc(C)c2)[C@H](C)C1. The van der Waals surface area contributed by atoms with E-state index < -0.39 is 0 Å². The molecular weight excluding hydrogens is 396 g/mol. The number of fused-ring (bicyclic) bond motifs is 1. The standard InChI is InChI=1S/C26H30N6/c1-5-23-20(4)27-26-28-24(21-11-7-6-8-12-21)29-32(26)25(23)30-14-15-31(19(3)17-30)22-13-9-10-18(2)16-22/h6-13,16,19H,5,14-15,17H2,1-4H3/t19-/m1/s1. The van der Waals surface area contributed by atoms with Crippen molar-refractivity contribution in [2.75, 3.05) is 29.4 Å². The number of hydrogen-bond donors (Lipinski definition) is 0. The minimum atomic E-state index is 0.385. The Morgan fingerprint density at radius 1 is 0.969 bits per heavy atom. The van der Waals surface area contributed by atoms with Gasteiger partial charge >= 0.3 is 0 Å². The van der Waals surface area contributed by atoms with Crippen LogP contribution in [0.15, 0.2) is 54.6 Å². The molecule has 32 heavy (non-hydrogen) atoms. The highest BCUT2D eigenvalue weighted by atomic mass is 15.4. The molecule has 2 aromatic heterocycles. The van der Waals surface area contributed by atoms with Crippen LogP contribution in [0.1, 0.15) is 30.7 Å². The third kappa shape index (κ3) is 3.60. The average molecular weight is 427 g/mol. The van der Waals surface area contributed by atoms with E-state index in [-0.39, 0.29) is 0 Å². The maximum absolute atomic E-state index is 4.91. The predicted octanol–water partition coefficient (Wildman–Crippen LogP) is 4.69. The van der Waals surface area contributed by atoms with E-state index in [9.17, 15) is 0 Å². The molecule has 1 aliphatic rings. The molecule has 3 heterocycles. The zero-order valence-corrected chi connectivity index (χ0v) is 19.3. The fourth-order valence-corrected chi connectivity index (χ4v) is 4.81. The van der Waals surface area contributed by atoms with Gasteiger partial charge in [-0.05, 0) is 44.9 Å². The van der Waals surface area contributed by atoms with Crippen molar-refractivity contribution >= 4 is 17.3 Å². The van der Waals surface area contributed by atoms with E-state index in [2.05, 4.69) is 61.8 Å². The number of rotatable bonds is 4. The first-order valence-corrected chi connectivity index (χ1v) is 11.4. The number of aryl methyl sites for hydroxylation is 2. The molecule has 1 saturated heterocycles. The summed E-state index contributed by atoms with van der Waals surface area (Å²) >= 11 is 0. The number of hydrogen-bond acceptors (Lipinski definition) is 5. The van der Waals surface area contributed by atoms with Crippen LogP contribution in [0.5, 0.6) is 0 Å². The predicted molar refractivity (Wildman–Crippen MR) is 131 cm³/mol. The number of piperazine rings is 1. The van der Waals surface area contributed by atoms with Gasteiger partial charge in [0.25, 0.3) is 5.78 Å². The van der Waals surface area contributed by atoms with Gasteiger partial charge in [0.1, 0.15) is 5.82 Å². The summed E-state index contributed by atoms with van der Waals surface area (Å²) in [6.45, 7) is 11.6. The minimum Gasteiger partial charge on any atom is -0.365 e. The Hall–Kier alpha value is -3.41. The molecule has 1 aliphatic heterocycles. The molecule has 6 heteroatoms. The van der Waals surface area contributed by atoms with Gasteiger partial charge in [-0.15, -0.1) is 5.10 Å². The Balaban J connectivity index is 1.54. The Morgan fingerprint density at radius 2 is 1.78 bits per heavy atom. The normalized spacial score (nSPS) is 16.7. The van der Waals surface area contributed by atoms with Crippen LogP contribution in [-0.4, -0.2) is 45.3 Å². The van der Waals surface area contributed by atoms with Crippen molar-refractivity contribution in [1.82, 2.24) is 19.6 Å². The van der Waals surface area contributed by atoms with Crippen molar-refractivity contribution in [2.45, 2.75) is 40.2 Å². The van der Waals surface area contributed by atoms with Crippen molar-refractivity contribution in [3.63, 3.8) is 0 Å². The van der Waals surface area contributed by atoms with Gasteiger partial charge in [-0.25, -0.2) is 4.98 Å². The number of anilines is 2. The molecule has 0 unspecified atom stereocenters. The molecule has 1 fully saturated rings. The second-order valence-corrected chi connectivity index (χ2v) is 8.69. The fourth-order valence-electron chi connectivity index (χ4n) is 4.81. The quantitative estimate of drug-likeness (QED) is 0.474. The Bertz CT molecular complexity index is 1250. The molecule has 2 aromatic carbocycles. The first kappa shape index (κ1) is 20.5. The van der Waals surface area contributed by atoms with Crippen molar-refractivity contribution < 1.29 is 0 Å². The van der Waals surface area contributed by atoms with Crippen molar-refractivity contribution in [3.05, 3.63) is 71.4 Å². The molecule has 0 saturated carbocycles. The summed E-state index contributed by atoms with van der Waals surface area (Å²) in [6.07, 6.45) is 0.914. The van der Waals surface area contributed by atoms with E-state index in [1.807, 2.05) is 34.8 Å². The highest BCUT2D eigenvalue weighted by Crippen LogP contribution is 2.30. The highest BCUT2D eigenvalue weighted by molar-refractivity contribution is 5.62. The third-order valence-corrected chi connectivity index (χ3v) is 6.41. The van der Waals surface area contributed by atoms with Gasteiger partial charge < -0.3 is 9.80 Å². The monoisotopic (exact) mass is 426 g/mol. The zero-order chi connectivity index (χ0) is 22.2. The van der Waals surface area contributed by atoms with Gasteiger partial charge in [-0.2, -0.15) is 9.50 Å². The van der Waals surface area contributed by atoms with Gasteiger partial charge in [-0.3, -0.25) is 0 Å². The summed E-state index contributed by atoms with van der Waals surface area (Å²) in [4.78, 5) is 14.5. The lowest BCUT2D eigenvalue weighted by atomic mass is 10.1. The summed E-state index contributed by atoms with van der Waals surface area (Å²) in [5.41, 5.74) is 5.90. The molecule has 0 bridgehead atoms. The van der Waals surface area contributed by atoms with E-state index in [0.29, 0.717) is 11.8 Å². The molecule has 0 spiro atoms. The Kier molecular flexibility index (Phi) is 5.29. The molecule has 0 aliphatic carbocycles. The number of benzene rings is 2. The van der Waals surface area contributed by atoms with Crippen molar-refractivity contribution in [2.24, 2.45) is 0 Å². The van der Waals surface area contributed by atoms with Gasteiger partial charge in [0.15, 0.2) is 5.82 Å². The highest BCUT2D eigenvalue weighted by Gasteiger charge is 2.28. The zero-order valence-electron chi connectivity index (χ0n) is 19.3. The summed E-state index contributed by atoms with van der Waals surface area (Å²) in [5.74, 6) is 2.53. The van der Waals surface area contributed by atoms with Crippen LogP contribution in [-0.2, 0) is 6.42 Å². The largest absolute Gasteiger partial charge is 0.365 e. The van der Waals surface area contributed by atoms with E-state index >= 15 is 0 Å². The van der Waals surface area contributed by atoms with E-state index in [4.69, 9.17) is 15.1 Å². The molecule has 4 aromatic rings. The summed E-state index contributed by atoms with van der Waals surface area (Å²) < 4.78 is 1.96. The van der Waals surface area contributed by atoms with Crippen LogP contribution < -0.4 is 9.80 Å². The topological polar surface area (TPSA) is 49.6 Å². The van der Waals surface area contributed by atoms with Gasteiger partial charge in [0, 0.05) is 48.2 Å². The van der Waals surface area contributed by atoms with Gasteiger partial charge in [-0.1, -0.05) is 49.4 Å². The first-order chi connectivity index (χ1) is 15.5. The van der Waals surface area contributed by atoms with Crippen LogP contribution in [0.25, 0.3) is 17.2 Å². The lowest BCUT2D eigenvalue weighted by Gasteiger charge is -2.42. The van der Waals surface area contributed by atoms with Gasteiger partial charge in [0.05, 0.1) is 0 Å². The minimum absolute atomic E-state index is 0.385. The van der Waals surface area contributed by atoms with Crippen LogP contribution >= 0.6 is 0 Å². The lowest BCUT2D eigenvalue weighted by Crippen LogP contribution is -2.53. The average Bonchev–Trinajstić information content (AvgIpc) is 3.22. The molecule has 6 nitrogen and oxygen atoms in total. The summed E-state index contributed by atoms with van der Waals surface area (Å²) in [7, 11) is 0. The number of nitrogens with zero attached hydrogens (tertiary/aromatic N) is 6. The molecule has 1 atom stereocenters. The second-order valence-electron chi connectivity index (χ2n) is 8.69. The van der Waals surface area contributed by atoms with E-state index in [1.165, 1.54) is 16.8 Å².